The van der Waals surface area contributed by atoms with Gasteiger partial charge in [0.05, 0.1) is 12.8 Å². The van der Waals surface area contributed by atoms with Crippen LogP contribution in [0.4, 0.5) is 0 Å². The second kappa shape index (κ2) is 7.20. The van der Waals surface area contributed by atoms with Crippen LogP contribution in [0.3, 0.4) is 0 Å². The van der Waals surface area contributed by atoms with Gasteiger partial charge in [0.1, 0.15) is 12.6 Å². The molecule has 1 heterocycles. The highest BCUT2D eigenvalue weighted by Gasteiger charge is 2.18. The lowest BCUT2D eigenvalue weighted by Crippen LogP contribution is -2.42. The number of esters is 1. The number of carbonyl (C=O) groups excluding carboxylic acids is 2. The van der Waals surface area contributed by atoms with Crippen LogP contribution in [0.1, 0.15) is 37.4 Å². The number of aryl methyl sites for hydroxylation is 2. The third-order valence-corrected chi connectivity index (χ3v) is 3.75. The molecule has 120 valence electrons. The fraction of sp³-hybridized carbons (Fsp3) is 0.600. The molecule has 1 aromatic heterocycles. The van der Waals surface area contributed by atoms with Crippen molar-refractivity contribution in [2.24, 2.45) is 0 Å². The van der Waals surface area contributed by atoms with Crippen molar-refractivity contribution >= 4 is 11.9 Å². The molecular weight excluding hydrogens is 286 g/mol. The highest BCUT2D eigenvalue weighted by atomic mass is 16.5. The average molecular weight is 307 g/mol. The maximum atomic E-state index is 12.0. The molecule has 1 amide bonds. The molecule has 1 aliphatic rings. The van der Waals surface area contributed by atoms with E-state index in [-0.39, 0.29) is 12.1 Å². The molecule has 7 nitrogen and oxygen atoms in total. The minimum absolute atomic E-state index is 0.201. The number of amides is 1. The summed E-state index contributed by atoms with van der Waals surface area (Å²) >= 11 is 0. The van der Waals surface area contributed by atoms with Crippen molar-refractivity contribution in [2.45, 2.75) is 51.6 Å². The highest BCUT2D eigenvalue weighted by molar-refractivity contribution is 5.83. The first kappa shape index (κ1) is 16.2. The monoisotopic (exact) mass is 307 g/mol. The van der Waals surface area contributed by atoms with Crippen LogP contribution >= 0.6 is 0 Å². The standard InChI is InChI=1S/C15H21N3O4/c1-10(15(21)22-2)16-13(19)9-18-14(20)8-11-6-4-3-5-7-12(11)17-18/h8,10H,3-7,9H2,1-2H3,(H,16,19)/t10-/m1/s1. The molecule has 0 saturated carbocycles. The SMILES string of the molecule is COC(=O)[C@@H](C)NC(=O)Cn1nc2c(cc1=O)CCCCC2. The summed E-state index contributed by atoms with van der Waals surface area (Å²) in [5.74, 6) is -0.975. The van der Waals surface area contributed by atoms with E-state index in [1.165, 1.54) is 14.0 Å². The van der Waals surface area contributed by atoms with E-state index in [1.54, 1.807) is 6.07 Å². The molecule has 1 N–H and O–H groups in total. The van der Waals surface area contributed by atoms with Gasteiger partial charge in [-0.3, -0.25) is 9.59 Å². The predicted octanol–water partition coefficient (Wildman–Crippen LogP) is 0.190. The zero-order valence-corrected chi connectivity index (χ0v) is 12.9. The maximum absolute atomic E-state index is 12.0. The average Bonchev–Trinajstić information content (AvgIpc) is 2.71. The lowest BCUT2D eigenvalue weighted by molar-refractivity contribution is -0.144. The van der Waals surface area contributed by atoms with Gasteiger partial charge in [0.25, 0.3) is 5.56 Å². The van der Waals surface area contributed by atoms with Crippen molar-refractivity contribution in [3.63, 3.8) is 0 Å². The van der Waals surface area contributed by atoms with Gasteiger partial charge in [-0.25, -0.2) is 9.48 Å². The molecule has 1 aromatic rings. The molecule has 0 spiro atoms. The van der Waals surface area contributed by atoms with Gasteiger partial charge in [0.2, 0.25) is 5.91 Å². The molecule has 22 heavy (non-hydrogen) atoms. The van der Waals surface area contributed by atoms with Gasteiger partial charge in [-0.05, 0) is 38.2 Å². The van der Waals surface area contributed by atoms with Crippen LogP contribution in [0.25, 0.3) is 0 Å². The van der Waals surface area contributed by atoms with Crippen LogP contribution in [0.15, 0.2) is 10.9 Å². The van der Waals surface area contributed by atoms with E-state index < -0.39 is 17.9 Å². The summed E-state index contributed by atoms with van der Waals surface area (Å²) in [6, 6.07) is 0.819. The minimum Gasteiger partial charge on any atom is -0.467 e. The molecule has 2 rings (SSSR count). The van der Waals surface area contributed by atoms with Gasteiger partial charge >= 0.3 is 5.97 Å². The summed E-state index contributed by atoms with van der Waals surface area (Å²) in [5, 5.41) is 6.80. The normalized spacial score (nSPS) is 15.4. The van der Waals surface area contributed by atoms with Gasteiger partial charge in [0, 0.05) is 6.07 Å². The van der Waals surface area contributed by atoms with Crippen molar-refractivity contribution < 1.29 is 14.3 Å². The van der Waals surface area contributed by atoms with Crippen LogP contribution in [0, 0.1) is 0 Å². The molecule has 0 aliphatic heterocycles. The molecule has 0 fully saturated rings. The highest BCUT2D eigenvalue weighted by Crippen LogP contribution is 2.16. The minimum atomic E-state index is -0.756. The third kappa shape index (κ3) is 3.93. The van der Waals surface area contributed by atoms with Crippen LogP contribution in [-0.4, -0.2) is 34.8 Å². The van der Waals surface area contributed by atoms with Crippen molar-refractivity contribution in [3.05, 3.63) is 27.7 Å². The lowest BCUT2D eigenvalue weighted by atomic mass is 10.1. The number of nitrogens with one attached hydrogen (secondary N) is 1. The topological polar surface area (TPSA) is 90.3 Å². The number of fused-ring (bicyclic) bond motifs is 1. The maximum Gasteiger partial charge on any atom is 0.328 e. The lowest BCUT2D eigenvalue weighted by Gasteiger charge is -2.13. The Kier molecular flexibility index (Phi) is 5.30. The van der Waals surface area contributed by atoms with E-state index in [2.05, 4.69) is 15.2 Å². The number of ether oxygens (including phenoxy) is 1. The molecular formula is C15H21N3O4. The Morgan fingerprint density at radius 3 is 2.82 bits per heavy atom. The second-order valence-corrected chi connectivity index (χ2v) is 5.49. The third-order valence-electron chi connectivity index (χ3n) is 3.75. The Labute approximate surface area is 128 Å². The molecule has 0 saturated heterocycles. The summed E-state index contributed by atoms with van der Waals surface area (Å²) < 4.78 is 5.69. The van der Waals surface area contributed by atoms with Gasteiger partial charge in [-0.1, -0.05) is 6.42 Å². The van der Waals surface area contributed by atoms with Crippen LogP contribution < -0.4 is 10.9 Å². The Morgan fingerprint density at radius 2 is 2.09 bits per heavy atom. The largest absolute Gasteiger partial charge is 0.467 e. The quantitative estimate of drug-likeness (QED) is 0.633. The van der Waals surface area contributed by atoms with Crippen molar-refractivity contribution in [1.82, 2.24) is 15.1 Å². The Balaban J connectivity index is 2.09. The van der Waals surface area contributed by atoms with Crippen LogP contribution in [0.2, 0.25) is 0 Å². The van der Waals surface area contributed by atoms with Crippen LogP contribution in [-0.2, 0) is 33.7 Å². The second-order valence-electron chi connectivity index (χ2n) is 5.49. The number of carbonyl (C=O) groups is 2. The Bertz CT molecular complexity index is 624. The summed E-state index contributed by atoms with van der Waals surface area (Å²) in [4.78, 5) is 35.2. The van der Waals surface area contributed by atoms with Gasteiger partial charge in [-0.2, -0.15) is 5.10 Å². The summed E-state index contributed by atoms with van der Waals surface area (Å²) in [7, 11) is 1.25. The number of aromatic nitrogens is 2. The molecule has 0 aromatic carbocycles. The fourth-order valence-electron chi connectivity index (χ4n) is 2.55. The van der Waals surface area contributed by atoms with E-state index in [4.69, 9.17) is 0 Å². The number of methoxy groups -OCH3 is 1. The first-order valence-corrected chi connectivity index (χ1v) is 7.48. The van der Waals surface area contributed by atoms with Gasteiger partial charge in [0.15, 0.2) is 0 Å². The van der Waals surface area contributed by atoms with Crippen molar-refractivity contribution in [2.75, 3.05) is 7.11 Å². The zero-order chi connectivity index (χ0) is 16.1. The first-order chi connectivity index (χ1) is 10.5. The summed E-state index contributed by atoms with van der Waals surface area (Å²) in [5.41, 5.74) is 1.59. The smallest absolute Gasteiger partial charge is 0.328 e. The summed E-state index contributed by atoms with van der Waals surface area (Å²) in [6.45, 7) is 1.32. The van der Waals surface area contributed by atoms with E-state index in [1.807, 2.05) is 0 Å². The number of rotatable bonds is 4. The number of hydrogen-bond acceptors (Lipinski definition) is 5. The predicted molar refractivity (Wildman–Crippen MR) is 79.4 cm³/mol. The first-order valence-electron chi connectivity index (χ1n) is 7.48. The number of nitrogens with zero attached hydrogens (tertiary/aromatic N) is 2. The zero-order valence-electron chi connectivity index (χ0n) is 12.9. The molecule has 0 bridgehead atoms. The van der Waals surface area contributed by atoms with E-state index in [0.29, 0.717) is 0 Å². The van der Waals surface area contributed by atoms with Crippen LogP contribution in [0.5, 0.6) is 0 Å². The van der Waals surface area contributed by atoms with E-state index in [9.17, 15) is 14.4 Å². The molecule has 0 radical (unpaired) electrons. The molecule has 0 unspecified atom stereocenters. The van der Waals surface area contributed by atoms with Gasteiger partial charge < -0.3 is 10.1 Å². The van der Waals surface area contributed by atoms with Crippen molar-refractivity contribution in [3.8, 4) is 0 Å². The van der Waals surface area contributed by atoms with E-state index in [0.717, 1.165) is 48.0 Å². The van der Waals surface area contributed by atoms with Gasteiger partial charge in [-0.15, -0.1) is 0 Å². The molecule has 1 atom stereocenters. The Hall–Kier alpha value is -2.18. The summed E-state index contributed by atoms with van der Waals surface area (Å²) in [6.07, 6.45) is 4.93. The Morgan fingerprint density at radius 1 is 1.36 bits per heavy atom. The fourth-order valence-corrected chi connectivity index (χ4v) is 2.55. The van der Waals surface area contributed by atoms with E-state index >= 15 is 0 Å². The number of hydrogen-bond donors (Lipinski definition) is 1. The van der Waals surface area contributed by atoms with Crippen molar-refractivity contribution in [1.29, 1.82) is 0 Å². The molecule has 7 heteroatoms. The molecule has 1 aliphatic carbocycles.